The molecule has 0 aliphatic heterocycles. The molecule has 0 spiro atoms. The first-order valence-corrected chi connectivity index (χ1v) is 3.71. The summed E-state index contributed by atoms with van der Waals surface area (Å²) in [5.41, 5.74) is 0.371. The predicted octanol–water partition coefficient (Wildman–Crippen LogP) is 1.83. The highest BCUT2D eigenvalue weighted by atomic mass is 35.5. The molecule has 0 bridgehead atoms. The van der Waals surface area contributed by atoms with Gasteiger partial charge in [0, 0.05) is 6.07 Å². The normalized spacial score (nSPS) is 10.5. The zero-order chi connectivity index (χ0) is 9.84. The van der Waals surface area contributed by atoms with Crippen LogP contribution in [0.15, 0.2) is 12.1 Å². The molecule has 3 nitrogen and oxygen atoms in total. The number of hydrogen-bond acceptors (Lipinski definition) is 3. The zero-order valence-corrected chi connectivity index (χ0v) is 7.13. The smallest absolute Gasteiger partial charge is 0.388 e. The molecule has 0 aromatic carbocycles. The van der Waals surface area contributed by atoms with Gasteiger partial charge < -0.3 is 9.84 Å². The average Bonchev–Trinajstić information content (AvgIpc) is 2.01. The fraction of sp³-hybridized carbons (Fsp3) is 0.286. The Morgan fingerprint density at radius 3 is 2.77 bits per heavy atom. The molecule has 1 aromatic rings. The second-order valence-electron chi connectivity index (χ2n) is 2.17. The summed E-state index contributed by atoms with van der Waals surface area (Å²) in [5, 5.41) is 8.69. The maximum absolute atomic E-state index is 11.7. The van der Waals surface area contributed by atoms with Gasteiger partial charge in [-0.1, -0.05) is 11.6 Å². The number of aliphatic hydroxyl groups excluding tert-OH is 1. The lowest BCUT2D eigenvalue weighted by Gasteiger charge is -2.04. The molecule has 0 amide bonds. The first-order chi connectivity index (χ1) is 6.11. The van der Waals surface area contributed by atoms with Gasteiger partial charge in [0.15, 0.2) is 0 Å². The van der Waals surface area contributed by atoms with E-state index in [0.29, 0.717) is 5.56 Å². The molecule has 72 valence electrons. The Morgan fingerprint density at radius 1 is 1.54 bits per heavy atom. The molecule has 1 rings (SSSR count). The number of nitrogens with zero attached hydrogens (tertiary/aromatic N) is 1. The second-order valence-corrected chi connectivity index (χ2v) is 2.56. The van der Waals surface area contributed by atoms with Crippen LogP contribution in [-0.4, -0.2) is 16.7 Å². The number of hydrogen-bond donors (Lipinski definition) is 1. The summed E-state index contributed by atoms with van der Waals surface area (Å²) in [5.74, 6) is -0.299. The van der Waals surface area contributed by atoms with Crippen LogP contribution in [0.5, 0.6) is 5.88 Å². The van der Waals surface area contributed by atoms with E-state index in [1.54, 1.807) is 0 Å². The summed E-state index contributed by atoms with van der Waals surface area (Å²) in [4.78, 5) is 3.47. The minimum atomic E-state index is -2.95. The Kier molecular flexibility index (Phi) is 3.39. The summed E-state index contributed by atoms with van der Waals surface area (Å²) in [6, 6.07) is 2.55. The molecule has 0 unspecified atom stereocenters. The van der Waals surface area contributed by atoms with Gasteiger partial charge in [0.05, 0.1) is 6.61 Å². The molecule has 0 aliphatic rings. The van der Waals surface area contributed by atoms with Gasteiger partial charge in [-0.15, -0.1) is 0 Å². The monoisotopic (exact) mass is 209 g/mol. The van der Waals surface area contributed by atoms with Crippen molar-refractivity contribution in [3.63, 3.8) is 0 Å². The number of rotatable bonds is 3. The average molecular weight is 210 g/mol. The minimum Gasteiger partial charge on any atom is -0.417 e. The largest absolute Gasteiger partial charge is 0.417 e. The van der Waals surface area contributed by atoms with Gasteiger partial charge in [-0.3, -0.25) is 0 Å². The van der Waals surface area contributed by atoms with Gasteiger partial charge in [-0.05, 0) is 11.6 Å². The van der Waals surface area contributed by atoms with Crippen LogP contribution in [0.25, 0.3) is 0 Å². The van der Waals surface area contributed by atoms with Crippen molar-refractivity contribution in [3.05, 3.63) is 22.8 Å². The van der Waals surface area contributed by atoms with Gasteiger partial charge in [0.2, 0.25) is 5.88 Å². The molecule has 0 radical (unpaired) electrons. The molecule has 1 aromatic heterocycles. The van der Waals surface area contributed by atoms with E-state index >= 15 is 0 Å². The third-order valence-corrected chi connectivity index (χ3v) is 1.42. The number of pyridine rings is 1. The van der Waals surface area contributed by atoms with Crippen LogP contribution >= 0.6 is 11.6 Å². The summed E-state index contributed by atoms with van der Waals surface area (Å²) >= 11 is 5.47. The van der Waals surface area contributed by atoms with Gasteiger partial charge in [-0.25, -0.2) is 4.98 Å². The lowest BCUT2D eigenvalue weighted by atomic mass is 10.3. The molecule has 6 heteroatoms. The lowest BCUT2D eigenvalue weighted by Crippen LogP contribution is -2.04. The third-order valence-electron chi connectivity index (χ3n) is 1.22. The van der Waals surface area contributed by atoms with Gasteiger partial charge >= 0.3 is 6.61 Å². The van der Waals surface area contributed by atoms with Crippen LogP contribution in [0.3, 0.4) is 0 Å². The maximum Gasteiger partial charge on any atom is 0.388 e. The highest BCUT2D eigenvalue weighted by Gasteiger charge is 2.07. The molecule has 1 N–H and O–H groups in total. The van der Waals surface area contributed by atoms with E-state index in [1.807, 2.05) is 0 Å². The van der Waals surface area contributed by atoms with Crippen molar-refractivity contribution in [2.24, 2.45) is 0 Å². The molecular formula is C7H6ClF2NO2. The first kappa shape index (κ1) is 10.1. The van der Waals surface area contributed by atoms with Crippen LogP contribution in [-0.2, 0) is 6.61 Å². The highest BCUT2D eigenvalue weighted by molar-refractivity contribution is 6.29. The van der Waals surface area contributed by atoms with Crippen LogP contribution in [0.4, 0.5) is 8.78 Å². The van der Waals surface area contributed by atoms with E-state index in [1.165, 1.54) is 12.1 Å². The quantitative estimate of drug-likeness (QED) is 0.773. The van der Waals surface area contributed by atoms with E-state index in [-0.39, 0.29) is 17.6 Å². The van der Waals surface area contributed by atoms with Crippen molar-refractivity contribution in [2.45, 2.75) is 13.2 Å². The molecule has 0 saturated heterocycles. The molecule has 0 aliphatic carbocycles. The third kappa shape index (κ3) is 3.12. The standard InChI is InChI=1S/C7H6ClF2NO2/c8-5-1-4(3-12)2-6(11-5)13-7(9)10/h1-2,7,12H,3H2. The summed E-state index contributed by atoms with van der Waals surface area (Å²) in [6.45, 7) is -3.25. The fourth-order valence-corrected chi connectivity index (χ4v) is 0.989. The first-order valence-electron chi connectivity index (χ1n) is 3.34. The van der Waals surface area contributed by atoms with Crippen LogP contribution < -0.4 is 4.74 Å². The van der Waals surface area contributed by atoms with Crippen molar-refractivity contribution >= 4 is 11.6 Å². The molecule has 0 saturated carbocycles. The van der Waals surface area contributed by atoms with Crippen LogP contribution in [0, 0.1) is 0 Å². The van der Waals surface area contributed by atoms with Crippen LogP contribution in [0.2, 0.25) is 5.15 Å². The summed E-state index contributed by atoms with van der Waals surface area (Å²) < 4.78 is 27.4. The van der Waals surface area contributed by atoms with Crippen molar-refractivity contribution in [1.82, 2.24) is 4.98 Å². The van der Waals surface area contributed by atoms with Crippen molar-refractivity contribution in [3.8, 4) is 5.88 Å². The van der Waals surface area contributed by atoms with Crippen LogP contribution in [0.1, 0.15) is 5.56 Å². The zero-order valence-electron chi connectivity index (χ0n) is 6.38. The number of alkyl halides is 2. The number of ether oxygens (including phenoxy) is 1. The predicted molar refractivity (Wildman–Crippen MR) is 41.8 cm³/mol. The fourth-order valence-electron chi connectivity index (χ4n) is 0.766. The molecule has 0 fully saturated rings. The lowest BCUT2D eigenvalue weighted by molar-refractivity contribution is -0.0529. The van der Waals surface area contributed by atoms with Crippen molar-refractivity contribution in [1.29, 1.82) is 0 Å². The van der Waals surface area contributed by atoms with E-state index in [4.69, 9.17) is 16.7 Å². The molecule has 0 atom stereocenters. The maximum atomic E-state index is 11.7. The Hall–Kier alpha value is -0.940. The Morgan fingerprint density at radius 2 is 2.23 bits per heavy atom. The number of halogens is 3. The van der Waals surface area contributed by atoms with E-state index < -0.39 is 6.61 Å². The SMILES string of the molecule is OCc1cc(Cl)nc(OC(F)F)c1. The van der Waals surface area contributed by atoms with E-state index in [9.17, 15) is 8.78 Å². The topological polar surface area (TPSA) is 42.4 Å². The number of aliphatic hydroxyl groups is 1. The van der Waals surface area contributed by atoms with Gasteiger partial charge in [-0.2, -0.15) is 8.78 Å². The van der Waals surface area contributed by atoms with Gasteiger partial charge in [0.1, 0.15) is 5.15 Å². The summed E-state index contributed by atoms with van der Waals surface area (Å²) in [7, 11) is 0. The number of aromatic nitrogens is 1. The van der Waals surface area contributed by atoms with Gasteiger partial charge in [0.25, 0.3) is 0 Å². The van der Waals surface area contributed by atoms with Crippen molar-refractivity contribution < 1.29 is 18.6 Å². The van der Waals surface area contributed by atoms with E-state index in [2.05, 4.69) is 9.72 Å². The summed E-state index contributed by atoms with van der Waals surface area (Å²) in [6.07, 6.45) is 0. The molecule has 1 heterocycles. The van der Waals surface area contributed by atoms with Crippen molar-refractivity contribution in [2.75, 3.05) is 0 Å². The minimum absolute atomic E-state index is 0.00204. The van der Waals surface area contributed by atoms with E-state index in [0.717, 1.165) is 0 Å². The molecule has 13 heavy (non-hydrogen) atoms. The second kappa shape index (κ2) is 4.34. The Labute approximate surface area is 77.9 Å². The Balaban J connectivity index is 2.88. The highest BCUT2D eigenvalue weighted by Crippen LogP contribution is 2.17. The Bertz CT molecular complexity index is 296. The molecular weight excluding hydrogens is 204 g/mol.